The van der Waals surface area contributed by atoms with Crippen LogP contribution in [0.15, 0.2) is 52.7 Å². The molecule has 2 unspecified atom stereocenters. The maximum absolute atomic E-state index is 12.3. The number of nitriles is 1. The van der Waals surface area contributed by atoms with Gasteiger partial charge in [-0.2, -0.15) is 5.26 Å². The van der Waals surface area contributed by atoms with Gasteiger partial charge in [0.1, 0.15) is 17.4 Å². The number of carbonyl (C=O) groups excluding carboxylic acids is 1. The Hall–Kier alpha value is -3.04. The van der Waals surface area contributed by atoms with E-state index < -0.39 is 5.91 Å². The van der Waals surface area contributed by atoms with E-state index >= 15 is 0 Å². The lowest BCUT2D eigenvalue weighted by molar-refractivity contribution is -0.112. The standard InChI is InChI=1S/C20H21N3O3/c1-14-12-23(13-15(2)26-14)18-7-5-17(6-8-18)22-20(24)16(11-21)10-19-4-3-9-25-19/h3-10,14-15H,12-13H2,1-2H3,(H,22,24)/b16-10+. The molecule has 6 nitrogen and oxygen atoms in total. The molecule has 0 spiro atoms. The quantitative estimate of drug-likeness (QED) is 0.674. The summed E-state index contributed by atoms with van der Waals surface area (Å²) < 4.78 is 10.9. The van der Waals surface area contributed by atoms with E-state index in [0.29, 0.717) is 11.4 Å². The third-order valence-electron chi connectivity index (χ3n) is 4.10. The lowest BCUT2D eigenvalue weighted by Gasteiger charge is -2.36. The number of rotatable bonds is 4. The summed E-state index contributed by atoms with van der Waals surface area (Å²) in [5.74, 6) is -0.00660. The van der Waals surface area contributed by atoms with Crippen molar-refractivity contribution in [1.82, 2.24) is 0 Å². The summed E-state index contributed by atoms with van der Waals surface area (Å²) in [5, 5.41) is 11.9. The molecule has 2 aromatic rings. The number of nitrogens with zero attached hydrogens (tertiary/aromatic N) is 2. The first-order valence-electron chi connectivity index (χ1n) is 8.52. The first-order chi connectivity index (χ1) is 12.5. The molecule has 1 fully saturated rings. The molecule has 1 N–H and O–H groups in total. The molecule has 2 heterocycles. The van der Waals surface area contributed by atoms with Crippen LogP contribution in [0.1, 0.15) is 19.6 Å². The van der Waals surface area contributed by atoms with Crippen LogP contribution < -0.4 is 10.2 Å². The number of hydrogen-bond acceptors (Lipinski definition) is 5. The van der Waals surface area contributed by atoms with Gasteiger partial charge in [0.2, 0.25) is 0 Å². The molecule has 26 heavy (non-hydrogen) atoms. The minimum absolute atomic E-state index is 0.0140. The van der Waals surface area contributed by atoms with Crippen molar-refractivity contribution in [2.24, 2.45) is 0 Å². The molecule has 134 valence electrons. The van der Waals surface area contributed by atoms with Crippen molar-refractivity contribution in [3.05, 3.63) is 54.0 Å². The third kappa shape index (κ3) is 4.32. The van der Waals surface area contributed by atoms with Gasteiger partial charge in [0.05, 0.1) is 18.5 Å². The van der Waals surface area contributed by atoms with Crippen LogP contribution in [0.4, 0.5) is 11.4 Å². The van der Waals surface area contributed by atoms with E-state index in [1.165, 1.54) is 12.3 Å². The first kappa shape index (κ1) is 17.8. The van der Waals surface area contributed by atoms with E-state index in [4.69, 9.17) is 9.15 Å². The predicted molar refractivity (Wildman–Crippen MR) is 99.6 cm³/mol. The summed E-state index contributed by atoms with van der Waals surface area (Å²) >= 11 is 0. The average molecular weight is 351 g/mol. The van der Waals surface area contributed by atoms with Gasteiger partial charge < -0.3 is 19.4 Å². The number of ether oxygens (including phenoxy) is 1. The fourth-order valence-corrected chi connectivity index (χ4v) is 3.01. The highest BCUT2D eigenvalue weighted by Crippen LogP contribution is 2.22. The highest BCUT2D eigenvalue weighted by Gasteiger charge is 2.22. The number of nitrogens with one attached hydrogen (secondary N) is 1. The van der Waals surface area contributed by atoms with Gasteiger partial charge in [-0.15, -0.1) is 0 Å². The summed E-state index contributed by atoms with van der Waals surface area (Å²) in [5.41, 5.74) is 1.70. The Bertz CT molecular complexity index is 809. The van der Waals surface area contributed by atoms with Crippen molar-refractivity contribution in [3.8, 4) is 6.07 Å². The van der Waals surface area contributed by atoms with Crippen LogP contribution in [0, 0.1) is 11.3 Å². The van der Waals surface area contributed by atoms with Gasteiger partial charge in [-0.05, 0) is 50.2 Å². The molecule has 3 rings (SSSR count). The zero-order valence-corrected chi connectivity index (χ0v) is 14.8. The van der Waals surface area contributed by atoms with Crippen molar-refractivity contribution in [3.63, 3.8) is 0 Å². The number of hydrogen-bond donors (Lipinski definition) is 1. The van der Waals surface area contributed by atoms with Crippen molar-refractivity contribution < 1.29 is 13.9 Å². The van der Waals surface area contributed by atoms with Gasteiger partial charge in [-0.25, -0.2) is 0 Å². The number of furan rings is 1. The lowest BCUT2D eigenvalue weighted by atomic mass is 10.2. The van der Waals surface area contributed by atoms with Crippen LogP contribution in [0.25, 0.3) is 6.08 Å². The number of amides is 1. The fourth-order valence-electron chi connectivity index (χ4n) is 3.01. The largest absolute Gasteiger partial charge is 0.465 e. The van der Waals surface area contributed by atoms with E-state index in [0.717, 1.165) is 18.8 Å². The summed E-state index contributed by atoms with van der Waals surface area (Å²) in [6.07, 6.45) is 3.27. The van der Waals surface area contributed by atoms with Gasteiger partial charge in [0.25, 0.3) is 5.91 Å². The molecule has 1 amide bonds. The summed E-state index contributed by atoms with van der Waals surface area (Å²) in [6.45, 7) is 5.79. The van der Waals surface area contributed by atoms with Crippen LogP contribution in [0.3, 0.4) is 0 Å². The SMILES string of the molecule is CC1CN(c2ccc(NC(=O)/C(C#N)=C/c3ccco3)cc2)CC(C)O1. The fraction of sp³-hybridized carbons (Fsp3) is 0.300. The van der Waals surface area contributed by atoms with Crippen molar-refractivity contribution in [2.75, 3.05) is 23.3 Å². The average Bonchev–Trinajstić information content (AvgIpc) is 3.12. The van der Waals surface area contributed by atoms with Gasteiger partial charge in [0.15, 0.2) is 0 Å². The second-order valence-corrected chi connectivity index (χ2v) is 6.35. The Morgan fingerprint density at radius 3 is 2.50 bits per heavy atom. The number of benzene rings is 1. The summed E-state index contributed by atoms with van der Waals surface area (Å²) in [6, 6.07) is 12.9. The molecule has 2 atom stereocenters. The smallest absolute Gasteiger partial charge is 0.266 e. The Kier molecular flexibility index (Phi) is 5.40. The van der Waals surface area contributed by atoms with E-state index in [9.17, 15) is 10.1 Å². The van der Waals surface area contributed by atoms with Crippen molar-refractivity contribution in [2.45, 2.75) is 26.1 Å². The number of carbonyl (C=O) groups is 1. The second kappa shape index (κ2) is 7.89. The van der Waals surface area contributed by atoms with E-state index in [1.807, 2.05) is 30.3 Å². The first-order valence-corrected chi connectivity index (χ1v) is 8.52. The van der Waals surface area contributed by atoms with Crippen LogP contribution >= 0.6 is 0 Å². The third-order valence-corrected chi connectivity index (χ3v) is 4.10. The summed E-state index contributed by atoms with van der Waals surface area (Å²) in [7, 11) is 0. The molecule has 1 aromatic carbocycles. The molecule has 6 heteroatoms. The monoisotopic (exact) mass is 351 g/mol. The zero-order valence-electron chi connectivity index (χ0n) is 14.8. The highest BCUT2D eigenvalue weighted by atomic mass is 16.5. The minimum Gasteiger partial charge on any atom is -0.465 e. The van der Waals surface area contributed by atoms with E-state index in [2.05, 4.69) is 24.1 Å². The molecule has 0 aliphatic carbocycles. The lowest BCUT2D eigenvalue weighted by Crippen LogP contribution is -2.45. The van der Waals surface area contributed by atoms with Gasteiger partial charge in [0, 0.05) is 30.5 Å². The number of morpholine rings is 1. The van der Waals surface area contributed by atoms with Gasteiger partial charge in [-0.3, -0.25) is 4.79 Å². The van der Waals surface area contributed by atoms with Gasteiger partial charge >= 0.3 is 0 Å². The van der Waals surface area contributed by atoms with Crippen molar-refractivity contribution >= 4 is 23.4 Å². The van der Waals surface area contributed by atoms with Crippen LogP contribution in [-0.2, 0) is 9.53 Å². The Morgan fingerprint density at radius 2 is 1.92 bits per heavy atom. The normalized spacial score (nSPS) is 20.5. The van der Waals surface area contributed by atoms with E-state index in [1.54, 1.807) is 12.1 Å². The van der Waals surface area contributed by atoms with Crippen LogP contribution in [0.2, 0.25) is 0 Å². The molecular formula is C20H21N3O3. The molecule has 1 saturated heterocycles. The molecule has 1 aliphatic rings. The van der Waals surface area contributed by atoms with Crippen molar-refractivity contribution in [1.29, 1.82) is 5.26 Å². The Labute approximate surface area is 152 Å². The predicted octanol–water partition coefficient (Wildman–Crippen LogP) is 3.44. The maximum Gasteiger partial charge on any atom is 0.266 e. The van der Waals surface area contributed by atoms with Gasteiger partial charge in [-0.1, -0.05) is 0 Å². The second-order valence-electron chi connectivity index (χ2n) is 6.35. The Morgan fingerprint density at radius 1 is 1.23 bits per heavy atom. The molecule has 1 aromatic heterocycles. The van der Waals surface area contributed by atoms with Crippen LogP contribution in [-0.4, -0.2) is 31.2 Å². The topological polar surface area (TPSA) is 78.5 Å². The highest BCUT2D eigenvalue weighted by molar-refractivity contribution is 6.09. The number of anilines is 2. The summed E-state index contributed by atoms with van der Waals surface area (Å²) in [4.78, 5) is 14.5. The van der Waals surface area contributed by atoms with E-state index in [-0.39, 0.29) is 17.8 Å². The maximum atomic E-state index is 12.3. The Balaban J connectivity index is 1.67. The van der Waals surface area contributed by atoms with Crippen LogP contribution in [0.5, 0.6) is 0 Å². The molecule has 1 aliphatic heterocycles. The zero-order chi connectivity index (χ0) is 18.5. The molecular weight excluding hydrogens is 330 g/mol. The molecule has 0 radical (unpaired) electrons. The minimum atomic E-state index is -0.467. The molecule has 0 bridgehead atoms. The molecule has 0 saturated carbocycles.